The molecule has 2 heterocycles. The summed E-state index contributed by atoms with van der Waals surface area (Å²) < 4.78 is 1.58. The highest BCUT2D eigenvalue weighted by Gasteiger charge is 2.34. The summed E-state index contributed by atoms with van der Waals surface area (Å²) in [7, 11) is 0. The van der Waals surface area contributed by atoms with Crippen LogP contribution in [0.4, 0.5) is 16.3 Å². The van der Waals surface area contributed by atoms with Crippen LogP contribution < -0.4 is 21.3 Å². The van der Waals surface area contributed by atoms with Crippen molar-refractivity contribution in [1.82, 2.24) is 20.4 Å². The van der Waals surface area contributed by atoms with E-state index < -0.39 is 12.3 Å². The van der Waals surface area contributed by atoms with Crippen molar-refractivity contribution >= 4 is 35.0 Å². The molecule has 1 fully saturated rings. The number of anilines is 2. The van der Waals surface area contributed by atoms with Crippen LogP contribution in [0.1, 0.15) is 26.6 Å². The molecule has 1 aliphatic heterocycles. The smallest absolute Gasteiger partial charge is 0.322 e. The van der Waals surface area contributed by atoms with Gasteiger partial charge in [0.2, 0.25) is 5.91 Å². The van der Waals surface area contributed by atoms with Crippen molar-refractivity contribution in [2.45, 2.75) is 32.6 Å². The van der Waals surface area contributed by atoms with E-state index in [-0.39, 0.29) is 17.9 Å². The van der Waals surface area contributed by atoms with Gasteiger partial charge in [0.05, 0.1) is 11.6 Å². The van der Waals surface area contributed by atoms with Crippen molar-refractivity contribution < 1.29 is 9.59 Å². The second kappa shape index (κ2) is 9.42. The molecular weight excluding hydrogens is 428 g/mol. The van der Waals surface area contributed by atoms with E-state index in [0.717, 1.165) is 12.0 Å². The molecule has 3 unspecified atom stereocenters. The number of urea groups is 1. The number of hydrogen-bond donors (Lipinski definition) is 4. The number of hydrogen-bond acceptors (Lipinski definition) is 4. The summed E-state index contributed by atoms with van der Waals surface area (Å²) in [5, 5.41) is 17.1. The lowest BCUT2D eigenvalue weighted by Crippen LogP contribution is -2.57. The molecule has 4 rings (SSSR count). The molecule has 2 aromatic carbocycles. The molecule has 8 nitrogen and oxygen atoms in total. The summed E-state index contributed by atoms with van der Waals surface area (Å²) in [5.74, 6) is 0.260. The molecule has 0 radical (unpaired) electrons. The molecule has 9 heteroatoms. The standard InChI is InChI=1S/C23H25ClN6O2/c1-3-18-14(2)25-22(28-21(18)31)30-20(13-19(29-30)15-8-5-4-6-9-15)27-23(32)26-17-11-7-10-16(24)12-17/h4-14,18,22,25H,3H2,1-2H3,(H,28,31)(H2,26,27,32). The first-order valence-electron chi connectivity index (χ1n) is 10.5. The van der Waals surface area contributed by atoms with Gasteiger partial charge in [0.15, 0.2) is 6.29 Å². The fraction of sp³-hybridized carbons (Fsp3) is 0.261. The molecule has 3 amide bonds. The van der Waals surface area contributed by atoms with Gasteiger partial charge in [-0.1, -0.05) is 54.9 Å². The van der Waals surface area contributed by atoms with Crippen LogP contribution in [0.5, 0.6) is 0 Å². The maximum Gasteiger partial charge on any atom is 0.324 e. The van der Waals surface area contributed by atoms with Gasteiger partial charge in [-0.05, 0) is 31.5 Å². The molecule has 1 aromatic heterocycles. The van der Waals surface area contributed by atoms with Crippen molar-refractivity contribution in [3.63, 3.8) is 0 Å². The highest BCUT2D eigenvalue weighted by molar-refractivity contribution is 6.30. The minimum Gasteiger partial charge on any atom is -0.322 e. The van der Waals surface area contributed by atoms with Gasteiger partial charge in [-0.3, -0.25) is 15.4 Å². The van der Waals surface area contributed by atoms with Gasteiger partial charge < -0.3 is 10.6 Å². The van der Waals surface area contributed by atoms with Crippen molar-refractivity contribution in [2.75, 3.05) is 10.6 Å². The number of nitrogens with one attached hydrogen (secondary N) is 4. The zero-order valence-corrected chi connectivity index (χ0v) is 18.6. The second-order valence-electron chi connectivity index (χ2n) is 7.70. The van der Waals surface area contributed by atoms with Crippen molar-refractivity contribution in [3.8, 4) is 11.3 Å². The van der Waals surface area contributed by atoms with E-state index in [4.69, 9.17) is 11.6 Å². The van der Waals surface area contributed by atoms with Gasteiger partial charge >= 0.3 is 6.03 Å². The largest absolute Gasteiger partial charge is 0.324 e. The van der Waals surface area contributed by atoms with E-state index in [9.17, 15) is 9.59 Å². The van der Waals surface area contributed by atoms with Gasteiger partial charge in [-0.15, -0.1) is 0 Å². The van der Waals surface area contributed by atoms with E-state index in [2.05, 4.69) is 26.4 Å². The van der Waals surface area contributed by atoms with Crippen molar-refractivity contribution in [2.24, 2.45) is 5.92 Å². The number of carbonyl (C=O) groups excluding carboxylic acids is 2. The highest BCUT2D eigenvalue weighted by Crippen LogP contribution is 2.26. The molecule has 3 aromatic rings. The van der Waals surface area contributed by atoms with Crippen molar-refractivity contribution in [1.29, 1.82) is 0 Å². The topological polar surface area (TPSA) is 100 Å². The molecule has 4 N–H and O–H groups in total. The monoisotopic (exact) mass is 452 g/mol. The third-order valence-electron chi connectivity index (χ3n) is 5.45. The average molecular weight is 453 g/mol. The maximum absolute atomic E-state index is 12.7. The van der Waals surface area contributed by atoms with Gasteiger partial charge in [0.25, 0.3) is 0 Å². The number of amides is 3. The molecule has 32 heavy (non-hydrogen) atoms. The molecule has 1 aliphatic rings. The normalized spacial score (nSPS) is 20.5. The summed E-state index contributed by atoms with van der Waals surface area (Å²) in [6.45, 7) is 3.96. The average Bonchev–Trinajstić information content (AvgIpc) is 3.18. The molecule has 0 aliphatic carbocycles. The SMILES string of the molecule is CCC1C(=O)NC(n2nc(-c3ccccc3)cc2NC(=O)Nc2cccc(Cl)c2)NC1C. The lowest BCUT2D eigenvalue weighted by atomic mass is 9.95. The van der Waals surface area contributed by atoms with Gasteiger partial charge in [-0.25, -0.2) is 9.48 Å². The predicted molar refractivity (Wildman–Crippen MR) is 125 cm³/mol. The fourth-order valence-electron chi connectivity index (χ4n) is 3.83. The summed E-state index contributed by atoms with van der Waals surface area (Å²) in [6.07, 6.45) is 0.132. The first-order valence-corrected chi connectivity index (χ1v) is 10.9. The Bertz CT molecular complexity index is 1120. The Morgan fingerprint density at radius 2 is 1.91 bits per heavy atom. The van der Waals surface area contributed by atoms with Gasteiger partial charge in [-0.2, -0.15) is 5.10 Å². The third kappa shape index (κ3) is 4.76. The van der Waals surface area contributed by atoms with E-state index in [1.54, 1.807) is 35.0 Å². The first kappa shape index (κ1) is 21.9. The van der Waals surface area contributed by atoms with E-state index in [0.29, 0.717) is 22.2 Å². The first-order chi connectivity index (χ1) is 15.4. The molecule has 166 valence electrons. The lowest BCUT2D eigenvalue weighted by molar-refractivity contribution is -0.130. The quantitative estimate of drug-likeness (QED) is 0.460. The summed E-state index contributed by atoms with van der Waals surface area (Å²) >= 11 is 6.00. The van der Waals surface area contributed by atoms with Crippen LogP contribution in [-0.2, 0) is 4.79 Å². The number of nitrogens with zero attached hydrogens (tertiary/aromatic N) is 2. The van der Waals surface area contributed by atoms with Crippen molar-refractivity contribution in [3.05, 3.63) is 65.7 Å². The van der Waals surface area contributed by atoms with Crippen LogP contribution in [0, 0.1) is 5.92 Å². The summed E-state index contributed by atoms with van der Waals surface area (Å²) in [5.41, 5.74) is 2.13. The van der Waals surface area contributed by atoms with Gasteiger partial charge in [0, 0.05) is 28.4 Å². The Balaban J connectivity index is 1.62. The van der Waals surface area contributed by atoms with Crippen LogP contribution >= 0.6 is 11.6 Å². The Morgan fingerprint density at radius 3 is 2.59 bits per heavy atom. The summed E-state index contributed by atoms with van der Waals surface area (Å²) in [6, 6.07) is 17.8. The second-order valence-corrected chi connectivity index (χ2v) is 8.13. The molecule has 0 spiro atoms. The zero-order chi connectivity index (χ0) is 22.7. The number of carbonyl (C=O) groups is 2. The van der Waals surface area contributed by atoms with Crippen LogP contribution in [-0.4, -0.2) is 27.8 Å². The van der Waals surface area contributed by atoms with Crippen LogP contribution in [0.2, 0.25) is 5.02 Å². The molecular formula is C23H25ClN6O2. The minimum atomic E-state index is -0.598. The molecule has 0 saturated carbocycles. The Kier molecular flexibility index (Phi) is 6.43. The van der Waals surface area contributed by atoms with Crippen LogP contribution in [0.3, 0.4) is 0 Å². The summed E-state index contributed by atoms with van der Waals surface area (Å²) in [4.78, 5) is 25.3. The Hall–Kier alpha value is -3.36. The third-order valence-corrected chi connectivity index (χ3v) is 5.69. The minimum absolute atomic E-state index is 0.0451. The van der Waals surface area contributed by atoms with E-state index in [1.165, 1.54) is 0 Å². The Morgan fingerprint density at radius 1 is 1.12 bits per heavy atom. The fourth-order valence-corrected chi connectivity index (χ4v) is 4.02. The highest BCUT2D eigenvalue weighted by atomic mass is 35.5. The van der Waals surface area contributed by atoms with Crippen LogP contribution in [0.25, 0.3) is 11.3 Å². The maximum atomic E-state index is 12.7. The van der Waals surface area contributed by atoms with Crippen LogP contribution in [0.15, 0.2) is 60.7 Å². The number of rotatable bonds is 5. The number of halogens is 1. The molecule has 1 saturated heterocycles. The Labute approximate surface area is 191 Å². The van der Waals surface area contributed by atoms with E-state index in [1.807, 2.05) is 44.2 Å². The van der Waals surface area contributed by atoms with E-state index >= 15 is 0 Å². The number of benzene rings is 2. The number of aromatic nitrogens is 2. The lowest BCUT2D eigenvalue weighted by Gasteiger charge is -2.35. The molecule has 3 atom stereocenters. The zero-order valence-electron chi connectivity index (χ0n) is 17.8. The van der Waals surface area contributed by atoms with Gasteiger partial charge in [0.1, 0.15) is 5.82 Å². The molecule has 0 bridgehead atoms. The predicted octanol–water partition coefficient (Wildman–Crippen LogP) is 4.44.